The summed E-state index contributed by atoms with van der Waals surface area (Å²) < 4.78 is 40.1. The second-order valence-electron chi connectivity index (χ2n) is 3.09. The molecule has 0 bridgehead atoms. The lowest BCUT2D eigenvalue weighted by Gasteiger charge is -2.09. The summed E-state index contributed by atoms with van der Waals surface area (Å²) in [6.45, 7) is -0.804. The van der Waals surface area contributed by atoms with Gasteiger partial charge >= 0.3 is 6.18 Å². The van der Waals surface area contributed by atoms with Crippen molar-refractivity contribution in [1.82, 2.24) is 0 Å². The first-order valence-electron chi connectivity index (χ1n) is 4.50. The highest BCUT2D eigenvalue weighted by Crippen LogP contribution is 2.19. The van der Waals surface area contributed by atoms with E-state index in [9.17, 15) is 13.2 Å². The maximum absolute atomic E-state index is 11.8. The SMILES string of the molecule is NCCc1cccc(OCC(F)(F)F)c1. The monoisotopic (exact) mass is 219 g/mol. The van der Waals surface area contributed by atoms with E-state index in [-0.39, 0.29) is 5.75 Å². The molecule has 0 aromatic heterocycles. The van der Waals surface area contributed by atoms with Crippen LogP contribution in [-0.2, 0) is 6.42 Å². The molecule has 0 amide bonds. The molecule has 0 aliphatic heterocycles. The minimum atomic E-state index is -4.30. The van der Waals surface area contributed by atoms with Gasteiger partial charge in [-0.15, -0.1) is 0 Å². The van der Waals surface area contributed by atoms with Crippen LogP contribution in [0, 0.1) is 0 Å². The largest absolute Gasteiger partial charge is 0.484 e. The van der Waals surface area contributed by atoms with Crippen LogP contribution in [0.1, 0.15) is 5.56 Å². The number of rotatable bonds is 4. The first kappa shape index (κ1) is 11.8. The average Bonchev–Trinajstić information content (AvgIpc) is 2.15. The Morgan fingerprint density at radius 1 is 1.27 bits per heavy atom. The molecule has 0 saturated heterocycles. The molecule has 0 fully saturated rings. The molecular weight excluding hydrogens is 207 g/mol. The predicted molar refractivity (Wildman–Crippen MR) is 50.8 cm³/mol. The minimum Gasteiger partial charge on any atom is -0.484 e. The third kappa shape index (κ3) is 4.69. The van der Waals surface area contributed by atoms with Crippen molar-refractivity contribution in [2.45, 2.75) is 12.6 Å². The molecule has 0 spiro atoms. The van der Waals surface area contributed by atoms with Crippen molar-refractivity contribution in [1.29, 1.82) is 0 Å². The normalized spacial score (nSPS) is 11.5. The number of alkyl halides is 3. The Balaban J connectivity index is 2.57. The van der Waals surface area contributed by atoms with Crippen LogP contribution in [0.2, 0.25) is 0 Å². The standard InChI is InChI=1S/C10H12F3NO/c11-10(12,13)7-15-9-3-1-2-8(6-9)4-5-14/h1-3,6H,4-5,7,14H2. The molecule has 5 heteroatoms. The van der Waals surface area contributed by atoms with Gasteiger partial charge in [-0.1, -0.05) is 12.1 Å². The second kappa shape index (κ2) is 5.02. The highest BCUT2D eigenvalue weighted by Gasteiger charge is 2.28. The van der Waals surface area contributed by atoms with Crippen molar-refractivity contribution in [3.8, 4) is 5.75 Å². The van der Waals surface area contributed by atoms with Crippen molar-refractivity contribution in [3.63, 3.8) is 0 Å². The zero-order valence-electron chi connectivity index (χ0n) is 8.05. The zero-order valence-corrected chi connectivity index (χ0v) is 8.05. The molecule has 0 atom stereocenters. The molecule has 0 saturated carbocycles. The Hall–Kier alpha value is -1.23. The molecule has 2 nitrogen and oxygen atoms in total. The van der Waals surface area contributed by atoms with Gasteiger partial charge in [-0.05, 0) is 30.7 Å². The van der Waals surface area contributed by atoms with Gasteiger partial charge in [-0.25, -0.2) is 0 Å². The summed E-state index contributed by atoms with van der Waals surface area (Å²) in [6.07, 6.45) is -3.67. The Morgan fingerprint density at radius 3 is 2.60 bits per heavy atom. The summed E-state index contributed by atoms with van der Waals surface area (Å²) in [5.41, 5.74) is 6.21. The Bertz CT molecular complexity index is 312. The van der Waals surface area contributed by atoms with Gasteiger partial charge in [0.15, 0.2) is 6.61 Å². The van der Waals surface area contributed by atoms with E-state index in [1.54, 1.807) is 18.2 Å². The van der Waals surface area contributed by atoms with E-state index in [1.165, 1.54) is 6.07 Å². The molecule has 84 valence electrons. The Kier molecular flexibility index (Phi) is 3.96. The van der Waals surface area contributed by atoms with Crippen LogP contribution in [0.15, 0.2) is 24.3 Å². The van der Waals surface area contributed by atoms with Crippen molar-refractivity contribution in [3.05, 3.63) is 29.8 Å². The lowest BCUT2D eigenvalue weighted by atomic mass is 10.1. The van der Waals surface area contributed by atoms with Crippen molar-refractivity contribution in [2.75, 3.05) is 13.2 Å². The number of halogens is 3. The summed E-state index contributed by atoms with van der Waals surface area (Å²) in [7, 11) is 0. The van der Waals surface area contributed by atoms with Gasteiger partial charge in [0.05, 0.1) is 0 Å². The van der Waals surface area contributed by atoms with Crippen LogP contribution in [0.4, 0.5) is 13.2 Å². The van der Waals surface area contributed by atoms with E-state index in [4.69, 9.17) is 5.73 Å². The zero-order chi connectivity index (χ0) is 11.3. The van der Waals surface area contributed by atoms with Crippen molar-refractivity contribution < 1.29 is 17.9 Å². The first-order chi connectivity index (χ1) is 7.01. The van der Waals surface area contributed by atoms with Crippen LogP contribution in [0.5, 0.6) is 5.75 Å². The van der Waals surface area contributed by atoms with Gasteiger partial charge in [0.1, 0.15) is 5.75 Å². The smallest absolute Gasteiger partial charge is 0.422 e. The van der Waals surface area contributed by atoms with Crippen LogP contribution in [0.25, 0.3) is 0 Å². The summed E-state index contributed by atoms with van der Waals surface area (Å²) >= 11 is 0. The predicted octanol–water partition coefficient (Wildman–Crippen LogP) is 2.13. The highest BCUT2D eigenvalue weighted by atomic mass is 19.4. The van der Waals surface area contributed by atoms with Crippen LogP contribution in [-0.4, -0.2) is 19.3 Å². The van der Waals surface area contributed by atoms with E-state index >= 15 is 0 Å². The third-order valence-corrected chi connectivity index (χ3v) is 1.73. The minimum absolute atomic E-state index is 0.221. The number of ether oxygens (including phenoxy) is 1. The summed E-state index contributed by atoms with van der Waals surface area (Å²) in [5.74, 6) is 0.221. The quantitative estimate of drug-likeness (QED) is 0.841. The molecule has 0 unspecified atom stereocenters. The Morgan fingerprint density at radius 2 is 2.00 bits per heavy atom. The van der Waals surface area contributed by atoms with Crippen molar-refractivity contribution in [2.24, 2.45) is 5.73 Å². The van der Waals surface area contributed by atoms with Crippen LogP contribution >= 0.6 is 0 Å². The molecule has 0 aliphatic rings. The molecule has 2 N–H and O–H groups in total. The van der Waals surface area contributed by atoms with Crippen LogP contribution < -0.4 is 10.5 Å². The number of hydrogen-bond donors (Lipinski definition) is 1. The van der Waals surface area contributed by atoms with Gasteiger partial charge in [-0.2, -0.15) is 13.2 Å². The number of benzene rings is 1. The lowest BCUT2D eigenvalue weighted by molar-refractivity contribution is -0.153. The fraction of sp³-hybridized carbons (Fsp3) is 0.400. The molecule has 15 heavy (non-hydrogen) atoms. The molecule has 1 aromatic rings. The topological polar surface area (TPSA) is 35.2 Å². The molecule has 0 aliphatic carbocycles. The van der Waals surface area contributed by atoms with Gasteiger partial charge in [0.25, 0.3) is 0 Å². The fourth-order valence-corrected chi connectivity index (χ4v) is 1.12. The number of hydrogen-bond acceptors (Lipinski definition) is 2. The summed E-state index contributed by atoms with van der Waals surface area (Å²) in [4.78, 5) is 0. The first-order valence-corrected chi connectivity index (χ1v) is 4.50. The highest BCUT2D eigenvalue weighted by molar-refractivity contribution is 5.28. The maximum atomic E-state index is 11.8. The van der Waals surface area contributed by atoms with E-state index < -0.39 is 12.8 Å². The van der Waals surface area contributed by atoms with E-state index in [1.807, 2.05) is 0 Å². The van der Waals surface area contributed by atoms with Crippen LogP contribution in [0.3, 0.4) is 0 Å². The average molecular weight is 219 g/mol. The van der Waals surface area contributed by atoms with Crippen molar-refractivity contribution >= 4 is 0 Å². The van der Waals surface area contributed by atoms with Gasteiger partial charge in [0, 0.05) is 0 Å². The summed E-state index contributed by atoms with van der Waals surface area (Å²) in [6, 6.07) is 6.51. The van der Waals surface area contributed by atoms with E-state index in [2.05, 4.69) is 4.74 Å². The van der Waals surface area contributed by atoms with Gasteiger partial charge in [0.2, 0.25) is 0 Å². The van der Waals surface area contributed by atoms with E-state index in [0.29, 0.717) is 13.0 Å². The summed E-state index contributed by atoms with van der Waals surface area (Å²) in [5, 5.41) is 0. The molecule has 1 aromatic carbocycles. The number of nitrogens with two attached hydrogens (primary N) is 1. The second-order valence-corrected chi connectivity index (χ2v) is 3.09. The Labute approximate surface area is 85.8 Å². The molecular formula is C10H12F3NO. The lowest BCUT2D eigenvalue weighted by Crippen LogP contribution is -2.19. The van der Waals surface area contributed by atoms with Gasteiger partial charge in [-0.3, -0.25) is 0 Å². The van der Waals surface area contributed by atoms with Gasteiger partial charge < -0.3 is 10.5 Å². The fourth-order valence-electron chi connectivity index (χ4n) is 1.12. The van der Waals surface area contributed by atoms with E-state index in [0.717, 1.165) is 5.56 Å². The molecule has 0 heterocycles. The molecule has 0 radical (unpaired) electrons. The third-order valence-electron chi connectivity index (χ3n) is 1.73. The molecule has 1 rings (SSSR count). The maximum Gasteiger partial charge on any atom is 0.422 e.